The number of rotatable bonds is 7. The third kappa shape index (κ3) is 11.9. The number of H-pyrrole nitrogens is 1. The van der Waals surface area contributed by atoms with Crippen molar-refractivity contribution in [2.24, 2.45) is 3.50 Å². The number of aromatic amines is 1. The summed E-state index contributed by atoms with van der Waals surface area (Å²) in [4.78, 5) is 3.14. The van der Waals surface area contributed by atoms with E-state index in [4.69, 9.17) is 3.50 Å². The molecule has 0 aliphatic rings. The Morgan fingerprint density at radius 3 is 1.28 bits per heavy atom. The van der Waals surface area contributed by atoms with Gasteiger partial charge in [-0.1, -0.05) is 117 Å². The molecule has 0 unspecified atom stereocenters. The van der Waals surface area contributed by atoms with Crippen molar-refractivity contribution < 1.29 is 23.0 Å². The number of aryl methyl sites for hydroxylation is 4. The Bertz CT molecular complexity index is 2610. The van der Waals surface area contributed by atoms with Crippen LogP contribution in [0.4, 0.5) is 5.69 Å². The van der Waals surface area contributed by atoms with Crippen molar-refractivity contribution in [3.63, 3.8) is 0 Å². The van der Waals surface area contributed by atoms with Gasteiger partial charge in [0.05, 0.1) is 0 Å². The van der Waals surface area contributed by atoms with Gasteiger partial charge in [-0.25, -0.2) is 0 Å². The molecule has 7 heteroatoms. The number of hydrogen-bond donors (Lipinski definition) is 2. The summed E-state index contributed by atoms with van der Waals surface area (Å²) in [5.41, 5.74) is 15.1. The molecule has 0 saturated carbocycles. The first-order valence-corrected chi connectivity index (χ1v) is 24.4. The van der Waals surface area contributed by atoms with Gasteiger partial charge in [-0.2, -0.15) is 0 Å². The number of phenols is 1. The Morgan fingerprint density at radius 1 is 0.492 bits per heavy atom. The number of benzene rings is 7. The Morgan fingerprint density at radius 2 is 0.885 bits per heavy atom. The second kappa shape index (κ2) is 21.5. The standard InChI is InChI=1S/C30H19Br3O.C10H12.C8H9N.C6H9N.Mo/c31-23-15-11-21(12-16-23)27-25(19-7-3-1-4-8-19)29(33)26(20-9-5-2-6-10-20)28(30(27)34)22-13-17-24(32)18-14-22;1-10(2,3)9-7-5-4-6-8-9;1-6-4-3-5-7(2)8(6)9;1-5-3-4-6(2)7-5;/h1-18,34H;1,4-8H,2-3H3;3-5H,1-2H3;3-4,7H,1-2H3;. The monoisotopic (exact) mass is 1080 g/mol. The molecule has 0 atom stereocenters. The van der Waals surface area contributed by atoms with E-state index in [0.717, 1.165) is 57.9 Å². The molecule has 3 nitrogen and oxygen atoms in total. The van der Waals surface area contributed by atoms with E-state index in [2.05, 4.69) is 170 Å². The zero-order valence-electron chi connectivity index (χ0n) is 35.2. The van der Waals surface area contributed by atoms with Crippen molar-refractivity contribution in [2.75, 3.05) is 0 Å². The first kappa shape index (κ1) is 45.9. The van der Waals surface area contributed by atoms with Crippen LogP contribution in [-0.2, 0) is 23.3 Å². The molecule has 0 bridgehead atoms. The summed E-state index contributed by atoms with van der Waals surface area (Å²) in [5, 5.41) is 12.0. The fourth-order valence-electron chi connectivity index (χ4n) is 6.99. The van der Waals surface area contributed by atoms with E-state index in [-0.39, 0.29) is 11.2 Å². The summed E-state index contributed by atoms with van der Waals surface area (Å²) in [5.74, 6) is 0.255. The third-order valence-electron chi connectivity index (χ3n) is 10.2. The minimum atomic E-state index is -0.493. The van der Waals surface area contributed by atoms with E-state index in [1.165, 1.54) is 33.8 Å². The number of nitrogens with one attached hydrogen (secondary N) is 1. The first-order chi connectivity index (χ1) is 29.3. The summed E-state index contributed by atoms with van der Waals surface area (Å²) >= 11 is 10.6. The first-order valence-electron chi connectivity index (χ1n) is 20.0. The average Bonchev–Trinajstić information content (AvgIpc) is 3.66. The molecule has 0 spiro atoms. The number of phenolic OH excluding ortho intramolecular Hbond substituents is 1. The maximum absolute atomic E-state index is 12.0. The van der Waals surface area contributed by atoms with Crippen LogP contribution in [0, 0.1) is 27.7 Å². The predicted octanol–water partition coefficient (Wildman–Crippen LogP) is 17.0. The van der Waals surface area contributed by atoms with E-state index < -0.39 is 17.9 Å². The van der Waals surface area contributed by atoms with Crippen LogP contribution in [0.2, 0.25) is 0 Å². The minimum absolute atomic E-state index is 0.101. The molecule has 8 rings (SSSR count). The van der Waals surface area contributed by atoms with Crippen molar-refractivity contribution in [1.82, 2.24) is 4.98 Å². The minimum Gasteiger partial charge on any atom is -0.507 e. The molecular weight excluding hydrogens is 1030 g/mol. The maximum Gasteiger partial charge on any atom is 0.132 e. The maximum atomic E-state index is 12.0. The molecular formula is C54H49Br3MoN2O. The number of nitrogens with zero attached hydrogens (tertiary/aromatic N) is 1. The number of hydrogen-bond acceptors (Lipinski definition) is 2. The molecule has 0 radical (unpaired) electrons. The smallest absolute Gasteiger partial charge is 0.132 e. The van der Waals surface area contributed by atoms with Gasteiger partial charge in [-0.3, -0.25) is 0 Å². The van der Waals surface area contributed by atoms with Gasteiger partial charge in [0.25, 0.3) is 0 Å². The summed E-state index contributed by atoms with van der Waals surface area (Å²) in [6.45, 7) is 12.9. The molecule has 61 heavy (non-hydrogen) atoms. The van der Waals surface area contributed by atoms with Crippen LogP contribution in [0.5, 0.6) is 5.75 Å². The molecule has 308 valence electrons. The van der Waals surface area contributed by atoms with Crippen LogP contribution < -0.4 is 0 Å². The van der Waals surface area contributed by atoms with Gasteiger partial charge in [0.1, 0.15) is 5.75 Å². The number of aromatic nitrogens is 1. The summed E-state index contributed by atoms with van der Waals surface area (Å²) in [7, 11) is 0. The van der Waals surface area contributed by atoms with Crippen molar-refractivity contribution in [3.05, 3.63) is 211 Å². The van der Waals surface area contributed by atoms with Crippen molar-refractivity contribution in [2.45, 2.75) is 47.0 Å². The Balaban J connectivity index is 0.000000193. The van der Waals surface area contributed by atoms with Gasteiger partial charge in [-0.05, 0) is 88.4 Å². The van der Waals surface area contributed by atoms with Gasteiger partial charge in [0.2, 0.25) is 0 Å². The van der Waals surface area contributed by atoms with E-state index in [9.17, 15) is 5.11 Å². The fourth-order valence-corrected chi connectivity index (χ4v) is 10.5. The molecule has 7 aromatic carbocycles. The van der Waals surface area contributed by atoms with Crippen molar-refractivity contribution in [1.29, 1.82) is 0 Å². The average molecular weight is 1080 g/mol. The van der Waals surface area contributed by atoms with Crippen LogP contribution >= 0.6 is 47.8 Å². The molecule has 0 aliphatic heterocycles. The topological polar surface area (TPSA) is 48.4 Å². The van der Waals surface area contributed by atoms with Crippen molar-refractivity contribution in [3.8, 4) is 50.3 Å². The van der Waals surface area contributed by atoms with Crippen LogP contribution in [0.25, 0.3) is 44.5 Å². The molecule has 0 amide bonds. The fraction of sp³-hybridized carbons (Fsp3) is 0.130. The normalized spacial score (nSPS) is 10.8. The Hall–Kier alpha value is -4.58. The Kier molecular flexibility index (Phi) is 16.2. The number of halogens is 3. The predicted molar refractivity (Wildman–Crippen MR) is 267 cm³/mol. The summed E-state index contributed by atoms with van der Waals surface area (Å²) in [6, 6.07) is 57.7. The van der Waals surface area contributed by atoms with Gasteiger partial charge < -0.3 is 10.1 Å². The van der Waals surface area contributed by atoms with E-state index in [1.54, 1.807) is 0 Å². The second-order valence-electron chi connectivity index (χ2n) is 15.4. The van der Waals surface area contributed by atoms with E-state index in [0.29, 0.717) is 0 Å². The van der Waals surface area contributed by atoms with E-state index in [1.807, 2.05) is 98.8 Å². The zero-order chi connectivity index (χ0) is 43.5. The molecule has 0 aliphatic carbocycles. The molecule has 1 aromatic heterocycles. The third-order valence-corrected chi connectivity index (χ3v) is 14.5. The molecule has 2 N–H and O–H groups in total. The second-order valence-corrected chi connectivity index (χ2v) is 19.5. The Labute approximate surface area is 394 Å². The van der Waals surface area contributed by atoms with Crippen LogP contribution in [0.1, 0.15) is 41.9 Å². The zero-order valence-corrected chi connectivity index (χ0v) is 41.9. The van der Waals surface area contributed by atoms with Crippen LogP contribution in [-0.4, -0.2) is 14.5 Å². The van der Waals surface area contributed by atoms with Gasteiger partial charge >= 0.3 is 130 Å². The van der Waals surface area contributed by atoms with Crippen LogP contribution in [0.15, 0.2) is 187 Å². The SMILES string of the molecule is Cc1ccc(C)[nH]1.Cc1cccc(C)c1[N]=[Mo]=[CH]C(C)(C)c1ccccc1.Oc1c(-c2ccc(Br)cc2)c(-c2ccccc2)c(Br)c(-c2ccccc2)c1-c1ccc(Br)cc1. The molecule has 8 aromatic rings. The largest absolute Gasteiger partial charge is 0.507 e. The number of aromatic hydroxyl groups is 1. The summed E-state index contributed by atoms with van der Waals surface area (Å²) in [6.07, 6.45) is 0. The van der Waals surface area contributed by atoms with Gasteiger partial charge in [0.15, 0.2) is 0 Å². The quantitative estimate of drug-likeness (QED) is 0.154. The van der Waals surface area contributed by atoms with Gasteiger partial charge in [-0.15, -0.1) is 0 Å². The van der Waals surface area contributed by atoms with Crippen molar-refractivity contribution >= 4 is 57.9 Å². The summed E-state index contributed by atoms with van der Waals surface area (Å²) < 4.78 is 10.2. The van der Waals surface area contributed by atoms with Gasteiger partial charge in [0, 0.05) is 47.1 Å². The van der Waals surface area contributed by atoms with Crippen LogP contribution in [0.3, 0.4) is 0 Å². The van der Waals surface area contributed by atoms with E-state index >= 15 is 0 Å². The molecule has 0 fully saturated rings. The molecule has 1 heterocycles. The molecule has 0 saturated heterocycles.